The number of carbonyl (C=O) groups is 3. The van der Waals surface area contributed by atoms with Crippen LogP contribution in [0.25, 0.3) is 5.76 Å². The molecule has 0 saturated carbocycles. The van der Waals surface area contributed by atoms with E-state index in [0.717, 1.165) is 17.5 Å². The summed E-state index contributed by atoms with van der Waals surface area (Å²) >= 11 is 0. The van der Waals surface area contributed by atoms with Gasteiger partial charge in [0.05, 0.1) is 37.0 Å². The molecule has 1 amide bonds. The number of nitrogens with zero attached hydrogens (tertiary/aromatic N) is 1. The van der Waals surface area contributed by atoms with Gasteiger partial charge in [0, 0.05) is 5.69 Å². The van der Waals surface area contributed by atoms with Crippen LogP contribution in [0.5, 0.6) is 5.75 Å². The van der Waals surface area contributed by atoms with Gasteiger partial charge in [-0.05, 0) is 58.9 Å². The highest BCUT2D eigenvalue weighted by atomic mass is 16.5. The summed E-state index contributed by atoms with van der Waals surface area (Å²) in [5, 5.41) is 11.7. The molecule has 1 saturated heterocycles. The monoisotopic (exact) mass is 527 g/mol. The summed E-state index contributed by atoms with van der Waals surface area (Å²) in [7, 11) is 2.76. The van der Waals surface area contributed by atoms with E-state index in [1.54, 1.807) is 30.3 Å². The van der Waals surface area contributed by atoms with E-state index >= 15 is 0 Å². The average Bonchev–Trinajstić information content (AvgIpc) is 3.21. The second-order valence-corrected chi connectivity index (χ2v) is 10.5. The normalized spacial score (nSPS) is 16.9. The smallest absolute Gasteiger partial charge is 0.337 e. The van der Waals surface area contributed by atoms with Crippen LogP contribution in [0.3, 0.4) is 0 Å². The van der Waals surface area contributed by atoms with Gasteiger partial charge in [0.2, 0.25) is 0 Å². The van der Waals surface area contributed by atoms with Crippen molar-refractivity contribution >= 4 is 29.1 Å². The van der Waals surface area contributed by atoms with E-state index in [4.69, 9.17) is 9.47 Å². The fourth-order valence-corrected chi connectivity index (χ4v) is 4.76. The molecule has 1 aliphatic heterocycles. The number of aliphatic hydroxyl groups is 1. The number of anilines is 1. The highest BCUT2D eigenvalue weighted by Gasteiger charge is 2.47. The van der Waals surface area contributed by atoms with Crippen LogP contribution in [0.2, 0.25) is 0 Å². The summed E-state index contributed by atoms with van der Waals surface area (Å²) in [6.45, 7) is 8.16. The van der Waals surface area contributed by atoms with Crippen LogP contribution in [0.4, 0.5) is 5.69 Å². The Bertz CT molecular complexity index is 1460. The number of ether oxygens (including phenoxy) is 2. The third-order valence-corrected chi connectivity index (χ3v) is 7.01. The number of hydrogen-bond donors (Lipinski definition) is 1. The average molecular weight is 528 g/mol. The predicted molar refractivity (Wildman–Crippen MR) is 150 cm³/mol. The van der Waals surface area contributed by atoms with Crippen molar-refractivity contribution in [3.05, 3.63) is 100 Å². The predicted octanol–water partition coefficient (Wildman–Crippen LogP) is 5.97. The Morgan fingerprint density at radius 2 is 1.67 bits per heavy atom. The molecule has 0 radical (unpaired) electrons. The lowest BCUT2D eigenvalue weighted by Gasteiger charge is -2.26. The lowest BCUT2D eigenvalue weighted by Crippen LogP contribution is -2.29. The number of ketones is 1. The SMILES string of the molecule is CCc1ccc(C2/C(=C(\O)c3cc(C(C)(C)C)ccc3OC)C(=O)C(=O)N2c2cccc(C(=O)OC)c2)cc1. The number of esters is 1. The number of Topliss-reactive ketones (excluding diaryl/α,β-unsaturated/α-hetero) is 1. The maximum Gasteiger partial charge on any atom is 0.337 e. The van der Waals surface area contributed by atoms with Gasteiger partial charge in [-0.2, -0.15) is 0 Å². The lowest BCUT2D eigenvalue weighted by atomic mass is 9.85. The van der Waals surface area contributed by atoms with Crippen LogP contribution in [0, 0.1) is 0 Å². The molecule has 0 spiro atoms. The first-order chi connectivity index (χ1) is 18.5. The van der Waals surface area contributed by atoms with Crippen LogP contribution in [0.1, 0.15) is 66.3 Å². The third-order valence-electron chi connectivity index (χ3n) is 7.01. The minimum atomic E-state index is -0.938. The Labute approximate surface area is 228 Å². The Morgan fingerprint density at radius 3 is 2.26 bits per heavy atom. The van der Waals surface area contributed by atoms with Crippen LogP contribution in [-0.4, -0.2) is 37.0 Å². The van der Waals surface area contributed by atoms with E-state index in [-0.39, 0.29) is 22.3 Å². The molecule has 3 aromatic carbocycles. The summed E-state index contributed by atoms with van der Waals surface area (Å²) < 4.78 is 10.4. The number of aliphatic hydroxyl groups excluding tert-OH is 1. The molecule has 1 N–H and O–H groups in total. The number of hydrogen-bond acceptors (Lipinski definition) is 6. The van der Waals surface area contributed by atoms with Gasteiger partial charge in [0.25, 0.3) is 11.7 Å². The molecule has 7 nitrogen and oxygen atoms in total. The molecule has 0 aromatic heterocycles. The summed E-state index contributed by atoms with van der Waals surface area (Å²) in [5.41, 5.74) is 3.24. The molecule has 39 heavy (non-hydrogen) atoms. The van der Waals surface area contributed by atoms with Gasteiger partial charge in [0.15, 0.2) is 0 Å². The Hall–Kier alpha value is -4.39. The molecule has 3 aromatic rings. The summed E-state index contributed by atoms with van der Waals surface area (Å²) in [5.74, 6) is -2.16. The first kappa shape index (κ1) is 27.6. The van der Waals surface area contributed by atoms with Crippen molar-refractivity contribution in [2.45, 2.75) is 45.6 Å². The first-order valence-electron chi connectivity index (χ1n) is 12.8. The molecule has 1 atom stereocenters. The van der Waals surface area contributed by atoms with Crippen molar-refractivity contribution in [1.29, 1.82) is 0 Å². The standard InChI is InChI=1S/C32H33NO6/c1-7-19-11-13-20(14-12-19)27-26(28(34)24-18-22(32(2,3)4)15-16-25(24)38-5)29(35)30(36)33(27)23-10-8-9-21(17-23)31(37)39-6/h8-18,27,34H,7H2,1-6H3/b28-26+. The minimum absolute atomic E-state index is 0.0583. The van der Waals surface area contributed by atoms with Crippen molar-refractivity contribution in [3.63, 3.8) is 0 Å². The van der Waals surface area contributed by atoms with Gasteiger partial charge in [-0.25, -0.2) is 4.79 Å². The van der Waals surface area contributed by atoms with Gasteiger partial charge >= 0.3 is 5.97 Å². The minimum Gasteiger partial charge on any atom is -0.507 e. The molecule has 7 heteroatoms. The quantitative estimate of drug-likeness (QED) is 0.184. The second kappa shape index (κ2) is 10.8. The summed E-state index contributed by atoms with van der Waals surface area (Å²) in [4.78, 5) is 40.8. The van der Waals surface area contributed by atoms with E-state index in [0.29, 0.717) is 22.6 Å². The molecular formula is C32H33NO6. The highest BCUT2D eigenvalue weighted by Crippen LogP contribution is 2.44. The Morgan fingerprint density at radius 1 is 0.974 bits per heavy atom. The van der Waals surface area contributed by atoms with E-state index in [9.17, 15) is 19.5 Å². The highest BCUT2D eigenvalue weighted by molar-refractivity contribution is 6.51. The zero-order valence-corrected chi connectivity index (χ0v) is 23.1. The number of methoxy groups -OCH3 is 2. The molecule has 0 aliphatic carbocycles. The third kappa shape index (κ3) is 5.17. The lowest BCUT2D eigenvalue weighted by molar-refractivity contribution is -0.132. The maximum absolute atomic E-state index is 13.6. The van der Waals surface area contributed by atoms with E-state index in [1.807, 2.05) is 58.0 Å². The Balaban J connectivity index is 1.99. The molecule has 4 rings (SSSR count). The van der Waals surface area contributed by atoms with Crippen LogP contribution in [0.15, 0.2) is 72.3 Å². The number of amides is 1. The van der Waals surface area contributed by atoms with Gasteiger partial charge in [0.1, 0.15) is 11.5 Å². The number of rotatable bonds is 6. The number of carbonyl (C=O) groups excluding carboxylic acids is 3. The van der Waals surface area contributed by atoms with E-state index in [1.165, 1.54) is 25.2 Å². The topological polar surface area (TPSA) is 93.1 Å². The molecule has 1 unspecified atom stereocenters. The van der Waals surface area contributed by atoms with Crippen molar-refractivity contribution in [2.24, 2.45) is 0 Å². The van der Waals surface area contributed by atoms with Gasteiger partial charge in [-0.15, -0.1) is 0 Å². The zero-order chi connectivity index (χ0) is 28.5. The van der Waals surface area contributed by atoms with Crippen LogP contribution < -0.4 is 9.64 Å². The van der Waals surface area contributed by atoms with Crippen LogP contribution >= 0.6 is 0 Å². The van der Waals surface area contributed by atoms with Crippen molar-refractivity contribution in [1.82, 2.24) is 0 Å². The van der Waals surface area contributed by atoms with Crippen molar-refractivity contribution in [3.8, 4) is 5.75 Å². The molecule has 0 bridgehead atoms. The van der Waals surface area contributed by atoms with Crippen LogP contribution in [-0.2, 0) is 26.2 Å². The van der Waals surface area contributed by atoms with Gasteiger partial charge in [-0.1, -0.05) is 64.1 Å². The number of aryl methyl sites for hydroxylation is 1. The molecule has 1 heterocycles. The Kier molecular flexibility index (Phi) is 7.63. The largest absolute Gasteiger partial charge is 0.507 e. The molecule has 1 fully saturated rings. The fraction of sp³-hybridized carbons (Fsp3) is 0.281. The molecule has 1 aliphatic rings. The van der Waals surface area contributed by atoms with E-state index < -0.39 is 23.7 Å². The second-order valence-electron chi connectivity index (χ2n) is 10.5. The number of benzene rings is 3. The summed E-state index contributed by atoms with van der Waals surface area (Å²) in [6.07, 6.45) is 0.818. The maximum atomic E-state index is 13.6. The van der Waals surface area contributed by atoms with E-state index in [2.05, 4.69) is 0 Å². The zero-order valence-electron chi connectivity index (χ0n) is 23.1. The van der Waals surface area contributed by atoms with Gasteiger partial charge in [-0.3, -0.25) is 14.5 Å². The molecule has 202 valence electrons. The van der Waals surface area contributed by atoms with Gasteiger partial charge < -0.3 is 14.6 Å². The fourth-order valence-electron chi connectivity index (χ4n) is 4.76. The molecular weight excluding hydrogens is 494 g/mol. The van der Waals surface area contributed by atoms with Crippen molar-refractivity contribution < 1.29 is 29.0 Å². The van der Waals surface area contributed by atoms with Crippen molar-refractivity contribution in [2.75, 3.05) is 19.1 Å². The first-order valence-corrected chi connectivity index (χ1v) is 12.8. The summed E-state index contributed by atoms with van der Waals surface area (Å²) in [6, 6.07) is 18.4.